The zero-order valence-electron chi connectivity index (χ0n) is 6.10. The van der Waals surface area contributed by atoms with Crippen molar-refractivity contribution in [2.75, 3.05) is 0 Å². The zero-order chi connectivity index (χ0) is 7.98. The predicted octanol–water partition coefficient (Wildman–Crippen LogP) is 3.16. The summed E-state index contributed by atoms with van der Waals surface area (Å²) in [6, 6.07) is 0. The summed E-state index contributed by atoms with van der Waals surface area (Å²) in [5.74, 6) is -0.451. The van der Waals surface area contributed by atoms with Crippen LogP contribution in [0, 0.1) is 0 Å². The Morgan fingerprint density at radius 1 is 1.50 bits per heavy atom. The van der Waals surface area contributed by atoms with E-state index in [0.29, 0.717) is 0 Å². The second kappa shape index (κ2) is 4.74. The molecule has 0 radical (unpaired) electrons. The molecule has 0 bridgehead atoms. The molecule has 0 aliphatic heterocycles. The molecule has 0 nitrogen and oxygen atoms in total. The monoisotopic (exact) mass is 138 g/mol. The van der Waals surface area contributed by atoms with Gasteiger partial charge in [0.2, 0.25) is 0 Å². The highest BCUT2D eigenvalue weighted by molar-refractivity contribution is 5.33. The van der Waals surface area contributed by atoms with Gasteiger partial charge in [0.1, 0.15) is 5.83 Å². The number of hydrogen-bond donors (Lipinski definition) is 0. The fourth-order valence-corrected chi connectivity index (χ4v) is 0.548. The molecule has 54 valence electrons. The normalized spacial score (nSPS) is 12.0. The maximum absolute atomic E-state index is 12.1. The molecule has 0 atom stereocenters. The van der Waals surface area contributed by atoms with Crippen LogP contribution in [0.25, 0.3) is 0 Å². The molecule has 0 aliphatic carbocycles. The fourth-order valence-electron chi connectivity index (χ4n) is 0.548. The van der Waals surface area contributed by atoms with Crippen LogP contribution in [0.1, 0.15) is 6.92 Å². The van der Waals surface area contributed by atoms with Crippen molar-refractivity contribution >= 4 is 0 Å². The Morgan fingerprint density at radius 3 is 2.40 bits per heavy atom. The molecule has 0 amide bonds. The third-order valence-electron chi connectivity index (χ3n) is 0.918. The lowest BCUT2D eigenvalue weighted by Crippen LogP contribution is -1.69. The molecule has 0 N–H and O–H groups in total. The van der Waals surface area contributed by atoms with Crippen LogP contribution in [-0.2, 0) is 0 Å². The van der Waals surface area contributed by atoms with E-state index in [1.165, 1.54) is 6.08 Å². The molecule has 0 saturated carbocycles. The SMILES string of the molecule is C=CC(/C=C/C)=C\C(=C)F. The van der Waals surface area contributed by atoms with E-state index in [4.69, 9.17) is 0 Å². The summed E-state index contributed by atoms with van der Waals surface area (Å²) < 4.78 is 12.1. The Labute approximate surface area is 61.1 Å². The van der Waals surface area contributed by atoms with Gasteiger partial charge in [0, 0.05) is 0 Å². The average molecular weight is 138 g/mol. The van der Waals surface area contributed by atoms with Gasteiger partial charge in [-0.25, -0.2) is 4.39 Å². The van der Waals surface area contributed by atoms with Crippen molar-refractivity contribution in [1.29, 1.82) is 0 Å². The Hall–Kier alpha value is -1.11. The highest BCUT2D eigenvalue weighted by atomic mass is 19.1. The van der Waals surface area contributed by atoms with E-state index in [-0.39, 0.29) is 0 Å². The molecule has 0 rings (SSSR count). The predicted molar refractivity (Wildman–Crippen MR) is 43.3 cm³/mol. The third kappa shape index (κ3) is 3.84. The summed E-state index contributed by atoms with van der Waals surface area (Å²) in [5.41, 5.74) is 0.731. The number of hydrogen-bond acceptors (Lipinski definition) is 0. The van der Waals surface area contributed by atoms with Gasteiger partial charge in [-0.15, -0.1) is 0 Å². The number of halogens is 1. The van der Waals surface area contributed by atoms with E-state index in [1.807, 2.05) is 13.0 Å². The van der Waals surface area contributed by atoms with Crippen LogP contribution < -0.4 is 0 Å². The van der Waals surface area contributed by atoms with Gasteiger partial charge < -0.3 is 0 Å². The summed E-state index contributed by atoms with van der Waals surface area (Å²) in [6.07, 6.45) is 6.48. The van der Waals surface area contributed by atoms with E-state index in [1.54, 1.807) is 12.2 Å². The van der Waals surface area contributed by atoms with Gasteiger partial charge in [0.05, 0.1) is 0 Å². The minimum atomic E-state index is -0.451. The van der Waals surface area contributed by atoms with Gasteiger partial charge in [-0.3, -0.25) is 0 Å². The van der Waals surface area contributed by atoms with Crippen LogP contribution in [-0.4, -0.2) is 0 Å². The standard InChI is InChI=1S/C9H11F/c1-4-6-9(5-2)7-8(3)10/h4-7H,2-3H2,1H3/b6-4+,9-7+. The molecule has 0 aromatic carbocycles. The highest BCUT2D eigenvalue weighted by Crippen LogP contribution is 2.03. The molecule has 0 aromatic heterocycles. The molecular formula is C9H11F. The van der Waals surface area contributed by atoms with Gasteiger partial charge in [-0.05, 0) is 18.6 Å². The molecule has 1 heteroatoms. The van der Waals surface area contributed by atoms with Gasteiger partial charge in [-0.1, -0.05) is 31.4 Å². The summed E-state index contributed by atoms with van der Waals surface area (Å²) in [7, 11) is 0. The fraction of sp³-hybridized carbons (Fsp3) is 0.111. The molecular weight excluding hydrogens is 127 g/mol. The summed E-state index contributed by atoms with van der Waals surface area (Å²) in [4.78, 5) is 0. The van der Waals surface area contributed by atoms with Crippen molar-refractivity contribution in [2.24, 2.45) is 0 Å². The summed E-state index contributed by atoms with van der Waals surface area (Å²) >= 11 is 0. The van der Waals surface area contributed by atoms with Crippen molar-refractivity contribution in [1.82, 2.24) is 0 Å². The first-order valence-electron chi connectivity index (χ1n) is 3.02. The van der Waals surface area contributed by atoms with Gasteiger partial charge in [-0.2, -0.15) is 0 Å². The largest absolute Gasteiger partial charge is 0.208 e. The Bertz CT molecular complexity index is 185. The maximum Gasteiger partial charge on any atom is 0.116 e. The molecule has 0 fully saturated rings. The third-order valence-corrected chi connectivity index (χ3v) is 0.918. The molecule has 0 heterocycles. The van der Waals surface area contributed by atoms with Gasteiger partial charge in [0.25, 0.3) is 0 Å². The lowest BCUT2D eigenvalue weighted by atomic mass is 10.2. The molecule has 10 heavy (non-hydrogen) atoms. The van der Waals surface area contributed by atoms with Crippen LogP contribution in [0.2, 0.25) is 0 Å². The van der Waals surface area contributed by atoms with Crippen molar-refractivity contribution in [3.8, 4) is 0 Å². The van der Waals surface area contributed by atoms with E-state index in [0.717, 1.165) is 5.57 Å². The van der Waals surface area contributed by atoms with Crippen LogP contribution in [0.3, 0.4) is 0 Å². The highest BCUT2D eigenvalue weighted by Gasteiger charge is 1.84. The second-order valence-electron chi connectivity index (χ2n) is 1.80. The van der Waals surface area contributed by atoms with Crippen molar-refractivity contribution in [3.63, 3.8) is 0 Å². The van der Waals surface area contributed by atoms with Crippen molar-refractivity contribution < 1.29 is 4.39 Å². The number of allylic oxidation sites excluding steroid dienone is 6. The molecule has 0 saturated heterocycles. The van der Waals surface area contributed by atoms with Crippen LogP contribution in [0.5, 0.6) is 0 Å². The summed E-state index contributed by atoms with van der Waals surface area (Å²) in [5, 5.41) is 0. The molecule has 0 spiro atoms. The zero-order valence-corrected chi connectivity index (χ0v) is 6.10. The smallest absolute Gasteiger partial charge is 0.116 e. The van der Waals surface area contributed by atoms with Crippen LogP contribution in [0.15, 0.2) is 48.9 Å². The van der Waals surface area contributed by atoms with Gasteiger partial charge in [0.15, 0.2) is 0 Å². The Morgan fingerprint density at radius 2 is 2.10 bits per heavy atom. The van der Waals surface area contributed by atoms with Crippen LogP contribution in [0.4, 0.5) is 4.39 Å². The minimum absolute atomic E-state index is 0.451. The first-order chi connectivity index (χ1) is 4.70. The average Bonchev–Trinajstić information content (AvgIpc) is 1.86. The lowest BCUT2D eigenvalue weighted by molar-refractivity contribution is 0.670. The van der Waals surface area contributed by atoms with Crippen LogP contribution >= 0.6 is 0 Å². The lowest BCUT2D eigenvalue weighted by Gasteiger charge is -1.88. The van der Waals surface area contributed by atoms with E-state index < -0.39 is 5.83 Å². The van der Waals surface area contributed by atoms with Crippen molar-refractivity contribution in [3.05, 3.63) is 48.9 Å². The second-order valence-corrected chi connectivity index (χ2v) is 1.80. The molecule has 0 aliphatic rings. The van der Waals surface area contributed by atoms with E-state index >= 15 is 0 Å². The topological polar surface area (TPSA) is 0 Å². The number of rotatable bonds is 3. The minimum Gasteiger partial charge on any atom is -0.208 e. The van der Waals surface area contributed by atoms with Gasteiger partial charge >= 0.3 is 0 Å². The quantitative estimate of drug-likeness (QED) is 0.525. The van der Waals surface area contributed by atoms with Crippen molar-refractivity contribution in [2.45, 2.75) is 6.92 Å². The summed E-state index contributed by atoms with van der Waals surface area (Å²) in [6.45, 7) is 8.47. The molecule has 0 unspecified atom stereocenters. The molecule has 0 aromatic rings. The Balaban J connectivity index is 4.33. The maximum atomic E-state index is 12.1. The van der Waals surface area contributed by atoms with E-state index in [9.17, 15) is 4.39 Å². The first kappa shape index (κ1) is 8.89. The van der Waals surface area contributed by atoms with E-state index in [2.05, 4.69) is 13.2 Å². The first-order valence-corrected chi connectivity index (χ1v) is 3.02. The Kier molecular flexibility index (Phi) is 4.21.